The molecule has 1 fully saturated rings. The third-order valence-corrected chi connectivity index (χ3v) is 9.07. The van der Waals surface area contributed by atoms with E-state index in [0.717, 1.165) is 53.2 Å². The van der Waals surface area contributed by atoms with Crippen LogP contribution in [-0.4, -0.2) is 110 Å². The summed E-state index contributed by atoms with van der Waals surface area (Å²) in [5.74, 6) is 1.07. The number of fused-ring (bicyclic) bond motifs is 2. The molecule has 0 unspecified atom stereocenters. The number of para-hydroxylation sites is 1. The lowest BCUT2D eigenvalue weighted by Crippen LogP contribution is -2.50. The van der Waals surface area contributed by atoms with Crippen LogP contribution in [0.4, 0.5) is 0 Å². The number of allylic oxidation sites excluding steroid dienone is 1. The van der Waals surface area contributed by atoms with E-state index in [9.17, 15) is 9.59 Å². The molecule has 1 N–H and O–H groups in total. The van der Waals surface area contributed by atoms with E-state index >= 15 is 0 Å². The third kappa shape index (κ3) is 7.68. The van der Waals surface area contributed by atoms with Crippen LogP contribution in [0.15, 0.2) is 60.5 Å². The van der Waals surface area contributed by atoms with Gasteiger partial charge in [0.15, 0.2) is 17.3 Å². The van der Waals surface area contributed by atoms with Gasteiger partial charge in [0.1, 0.15) is 0 Å². The molecule has 258 valence electrons. The maximum Gasteiger partial charge on any atom is 0.288 e. The fraction of sp³-hybridized carbons (Fsp3) is 0.500. The predicted octanol–water partition coefficient (Wildman–Crippen LogP) is 3.77. The minimum atomic E-state index is -0.690. The number of nitrogens with zero attached hydrogens (tertiary/aromatic N) is 3. The number of rotatable bonds is 14. The van der Waals surface area contributed by atoms with Crippen LogP contribution in [0.5, 0.6) is 11.5 Å². The van der Waals surface area contributed by atoms with Crippen molar-refractivity contribution in [3.05, 3.63) is 71.6 Å². The maximum atomic E-state index is 14.1. The SMILES string of the molecule is CCO[C@@H]1OC(C(=O)N2CCN(Cc3ccc4c(c3)OCO4)CC2)=C[C@H](c2cn(C(C)=O)c3ccccc23)[C@H]1CCOCCOCCO. The van der Waals surface area contributed by atoms with Gasteiger partial charge in [-0.1, -0.05) is 24.3 Å². The van der Waals surface area contributed by atoms with Crippen molar-refractivity contribution in [2.45, 2.75) is 39.0 Å². The van der Waals surface area contributed by atoms with Gasteiger partial charge in [-0.15, -0.1) is 0 Å². The Morgan fingerprint density at radius 3 is 2.50 bits per heavy atom. The summed E-state index contributed by atoms with van der Waals surface area (Å²) in [6, 6.07) is 13.8. The van der Waals surface area contributed by atoms with Gasteiger partial charge in [-0.2, -0.15) is 0 Å². The molecule has 3 aliphatic rings. The van der Waals surface area contributed by atoms with Gasteiger partial charge in [-0.3, -0.25) is 19.1 Å². The summed E-state index contributed by atoms with van der Waals surface area (Å²) in [4.78, 5) is 30.9. The number of ether oxygens (including phenoxy) is 6. The summed E-state index contributed by atoms with van der Waals surface area (Å²) in [6.45, 7) is 8.86. The van der Waals surface area contributed by atoms with Crippen LogP contribution in [0, 0.1) is 5.92 Å². The highest BCUT2D eigenvalue weighted by atomic mass is 16.7. The molecule has 0 aliphatic carbocycles. The molecule has 3 aliphatic heterocycles. The third-order valence-electron chi connectivity index (χ3n) is 9.07. The lowest BCUT2D eigenvalue weighted by Gasteiger charge is -2.39. The molecule has 4 heterocycles. The van der Waals surface area contributed by atoms with E-state index < -0.39 is 6.29 Å². The van der Waals surface area contributed by atoms with Gasteiger partial charge >= 0.3 is 0 Å². The number of carbonyl (C=O) groups is 2. The molecule has 6 rings (SSSR count). The molecule has 3 atom stereocenters. The molecule has 0 radical (unpaired) electrons. The first-order valence-corrected chi connectivity index (χ1v) is 16.7. The average molecular weight is 664 g/mol. The average Bonchev–Trinajstić information content (AvgIpc) is 3.73. The van der Waals surface area contributed by atoms with E-state index in [2.05, 4.69) is 11.0 Å². The van der Waals surface area contributed by atoms with Gasteiger partial charge < -0.3 is 38.4 Å². The number of hydrogen-bond donors (Lipinski definition) is 1. The zero-order valence-electron chi connectivity index (χ0n) is 27.7. The number of piperazine rings is 1. The van der Waals surface area contributed by atoms with Gasteiger partial charge in [0, 0.05) is 76.3 Å². The molecular weight excluding hydrogens is 618 g/mol. The second-order valence-electron chi connectivity index (χ2n) is 12.1. The largest absolute Gasteiger partial charge is 0.459 e. The highest BCUT2D eigenvalue weighted by Gasteiger charge is 2.40. The van der Waals surface area contributed by atoms with Crippen molar-refractivity contribution in [1.82, 2.24) is 14.4 Å². The molecular formula is C36H45N3O9. The Morgan fingerprint density at radius 1 is 0.958 bits per heavy atom. The van der Waals surface area contributed by atoms with E-state index in [-0.39, 0.29) is 49.4 Å². The van der Waals surface area contributed by atoms with Crippen LogP contribution in [-0.2, 0) is 30.3 Å². The molecule has 0 bridgehead atoms. The van der Waals surface area contributed by atoms with Crippen LogP contribution in [0.3, 0.4) is 0 Å². The van der Waals surface area contributed by atoms with Crippen LogP contribution in [0.1, 0.15) is 42.1 Å². The molecule has 12 heteroatoms. The molecule has 1 aromatic heterocycles. The molecule has 12 nitrogen and oxygen atoms in total. The Bertz CT molecular complexity index is 1600. The Labute approximate surface area is 280 Å². The van der Waals surface area contributed by atoms with E-state index in [4.69, 9.17) is 33.5 Å². The van der Waals surface area contributed by atoms with Crippen molar-refractivity contribution in [1.29, 1.82) is 0 Å². The zero-order valence-corrected chi connectivity index (χ0v) is 27.7. The first kappa shape index (κ1) is 33.9. The van der Waals surface area contributed by atoms with Crippen molar-refractivity contribution < 1.29 is 43.1 Å². The first-order valence-electron chi connectivity index (χ1n) is 16.7. The molecule has 0 saturated carbocycles. The zero-order chi connectivity index (χ0) is 33.5. The highest BCUT2D eigenvalue weighted by molar-refractivity contribution is 5.95. The van der Waals surface area contributed by atoms with Crippen molar-refractivity contribution in [2.75, 3.05) is 72.6 Å². The topological polar surface area (TPSA) is 121 Å². The lowest BCUT2D eigenvalue weighted by atomic mass is 9.81. The fourth-order valence-corrected chi connectivity index (χ4v) is 6.69. The maximum absolute atomic E-state index is 14.1. The lowest BCUT2D eigenvalue weighted by molar-refractivity contribution is -0.172. The van der Waals surface area contributed by atoms with Gasteiger partial charge in [0.2, 0.25) is 19.0 Å². The van der Waals surface area contributed by atoms with Crippen molar-refractivity contribution in [2.24, 2.45) is 5.92 Å². The predicted molar refractivity (Wildman–Crippen MR) is 177 cm³/mol. The summed E-state index contributed by atoms with van der Waals surface area (Å²) in [6.07, 6.45) is 3.70. The Morgan fingerprint density at radius 2 is 1.73 bits per heavy atom. The Kier molecular flexibility index (Phi) is 11.3. The summed E-state index contributed by atoms with van der Waals surface area (Å²) in [5.41, 5.74) is 2.89. The monoisotopic (exact) mass is 663 g/mol. The summed E-state index contributed by atoms with van der Waals surface area (Å²) in [7, 11) is 0. The van der Waals surface area contributed by atoms with Gasteiger partial charge in [0.05, 0.1) is 31.9 Å². The standard InChI is InChI=1S/C36H45N3O9/c1-3-45-36-28(10-16-43-18-19-44-17-15-40)29(30-23-39(25(2)41)31-7-5-4-6-27(30)31)21-34(48-36)35(42)38-13-11-37(12-14-38)22-26-8-9-32-33(20-26)47-24-46-32/h4-9,20-21,23,28-29,36,40H,3,10-19,22,24H2,1-2H3/t28-,29+,36-/m1/s1. The van der Waals surface area contributed by atoms with Crippen LogP contribution < -0.4 is 9.47 Å². The second kappa shape index (κ2) is 16.0. The summed E-state index contributed by atoms with van der Waals surface area (Å²) in [5, 5.41) is 9.89. The number of aromatic nitrogens is 1. The van der Waals surface area contributed by atoms with E-state index in [1.54, 1.807) is 11.5 Å². The number of benzene rings is 2. The molecule has 2 aromatic carbocycles. The summed E-state index contributed by atoms with van der Waals surface area (Å²) >= 11 is 0. The number of carbonyl (C=O) groups excluding carboxylic acids is 2. The number of hydrogen-bond acceptors (Lipinski definition) is 10. The Balaban J connectivity index is 1.20. The molecule has 1 amide bonds. The van der Waals surface area contributed by atoms with E-state index in [0.29, 0.717) is 45.9 Å². The number of aliphatic hydroxyl groups is 1. The molecule has 48 heavy (non-hydrogen) atoms. The van der Waals surface area contributed by atoms with Crippen LogP contribution >= 0.6 is 0 Å². The molecule has 3 aromatic rings. The van der Waals surface area contributed by atoms with Gasteiger partial charge in [-0.05, 0) is 48.7 Å². The van der Waals surface area contributed by atoms with Crippen molar-refractivity contribution >= 4 is 22.7 Å². The van der Waals surface area contributed by atoms with Crippen molar-refractivity contribution in [3.63, 3.8) is 0 Å². The minimum Gasteiger partial charge on any atom is -0.459 e. The first-order chi connectivity index (χ1) is 23.5. The van der Waals surface area contributed by atoms with Crippen molar-refractivity contribution in [3.8, 4) is 11.5 Å². The highest BCUT2D eigenvalue weighted by Crippen LogP contribution is 2.42. The van der Waals surface area contributed by atoms with E-state index in [1.807, 2.05) is 60.5 Å². The second-order valence-corrected chi connectivity index (χ2v) is 12.1. The van der Waals surface area contributed by atoms with Gasteiger partial charge in [0.25, 0.3) is 5.91 Å². The number of amides is 1. The Hall–Kier alpha value is -3.94. The minimum absolute atomic E-state index is 0.0325. The number of aliphatic hydroxyl groups excluding tert-OH is 1. The van der Waals surface area contributed by atoms with Gasteiger partial charge in [-0.25, -0.2) is 0 Å². The van der Waals surface area contributed by atoms with E-state index in [1.165, 1.54) is 0 Å². The van der Waals surface area contributed by atoms with Crippen LogP contribution in [0.25, 0.3) is 10.9 Å². The molecule has 0 spiro atoms. The van der Waals surface area contributed by atoms with Crippen LogP contribution in [0.2, 0.25) is 0 Å². The normalized spacial score (nSPS) is 20.9. The summed E-state index contributed by atoms with van der Waals surface area (Å²) < 4.78 is 36.4. The smallest absolute Gasteiger partial charge is 0.288 e. The quantitative estimate of drug-likeness (QED) is 0.255. The molecule has 1 saturated heterocycles. The fourth-order valence-electron chi connectivity index (χ4n) is 6.69.